The average molecular weight is 233 g/mol. The lowest BCUT2D eigenvalue weighted by molar-refractivity contribution is 0.780. The first-order valence-electron chi connectivity index (χ1n) is 5.07. The van der Waals surface area contributed by atoms with Gasteiger partial charge in [-0.3, -0.25) is 4.68 Å². The molecule has 0 spiro atoms. The summed E-state index contributed by atoms with van der Waals surface area (Å²) in [5.41, 5.74) is 9.08. The Morgan fingerprint density at radius 2 is 1.88 bits per heavy atom. The molecule has 0 bridgehead atoms. The quantitative estimate of drug-likeness (QED) is 0.811. The molecular formula is C12H15N3S. The molecule has 0 fully saturated rings. The molecule has 4 heteroatoms. The van der Waals surface area contributed by atoms with Crippen LogP contribution in [0.1, 0.15) is 5.56 Å². The van der Waals surface area contributed by atoms with E-state index in [1.54, 1.807) is 11.8 Å². The molecule has 0 atom stereocenters. The van der Waals surface area contributed by atoms with Crippen LogP contribution in [-0.2, 0) is 7.05 Å². The SMILES string of the molecule is CSc1ccc(-c2c(C)c(N)nn2C)cc1. The predicted molar refractivity (Wildman–Crippen MR) is 69.6 cm³/mol. The van der Waals surface area contributed by atoms with E-state index in [1.807, 2.05) is 18.7 Å². The summed E-state index contributed by atoms with van der Waals surface area (Å²) in [6.07, 6.45) is 2.07. The van der Waals surface area contributed by atoms with E-state index < -0.39 is 0 Å². The molecule has 3 nitrogen and oxygen atoms in total. The molecule has 0 amide bonds. The molecule has 0 aliphatic rings. The van der Waals surface area contributed by atoms with Crippen LogP contribution >= 0.6 is 11.8 Å². The van der Waals surface area contributed by atoms with Crippen LogP contribution in [-0.4, -0.2) is 16.0 Å². The highest BCUT2D eigenvalue weighted by atomic mass is 32.2. The Bertz CT molecular complexity index is 500. The van der Waals surface area contributed by atoms with E-state index in [-0.39, 0.29) is 0 Å². The zero-order chi connectivity index (χ0) is 11.7. The number of rotatable bonds is 2. The lowest BCUT2D eigenvalue weighted by atomic mass is 10.1. The fourth-order valence-corrected chi connectivity index (χ4v) is 2.21. The summed E-state index contributed by atoms with van der Waals surface area (Å²) < 4.78 is 1.83. The molecule has 1 aromatic carbocycles. The summed E-state index contributed by atoms with van der Waals surface area (Å²) in [6, 6.07) is 8.44. The van der Waals surface area contributed by atoms with Crippen LogP contribution in [0.5, 0.6) is 0 Å². The van der Waals surface area contributed by atoms with Gasteiger partial charge in [0.05, 0.1) is 5.69 Å². The summed E-state index contributed by atoms with van der Waals surface area (Å²) in [7, 11) is 1.92. The Balaban J connectivity index is 2.50. The molecule has 0 saturated heterocycles. The standard InChI is InChI=1S/C12H15N3S/c1-8-11(15(2)14-12(8)13)9-4-6-10(16-3)7-5-9/h4-7H,1-3H3,(H2,13,14). The molecule has 16 heavy (non-hydrogen) atoms. The minimum atomic E-state index is 0.603. The zero-order valence-electron chi connectivity index (χ0n) is 9.69. The van der Waals surface area contributed by atoms with Crippen molar-refractivity contribution in [2.45, 2.75) is 11.8 Å². The van der Waals surface area contributed by atoms with Crippen LogP contribution in [0, 0.1) is 6.92 Å². The number of hydrogen-bond donors (Lipinski definition) is 1. The molecule has 1 heterocycles. The van der Waals surface area contributed by atoms with E-state index in [9.17, 15) is 0 Å². The van der Waals surface area contributed by atoms with Gasteiger partial charge in [0, 0.05) is 23.1 Å². The van der Waals surface area contributed by atoms with Crippen molar-refractivity contribution in [3.63, 3.8) is 0 Å². The normalized spacial score (nSPS) is 10.7. The number of benzene rings is 1. The fraction of sp³-hybridized carbons (Fsp3) is 0.250. The highest BCUT2D eigenvalue weighted by molar-refractivity contribution is 7.98. The van der Waals surface area contributed by atoms with Gasteiger partial charge in [0.15, 0.2) is 0 Å². The van der Waals surface area contributed by atoms with E-state index in [1.165, 1.54) is 4.90 Å². The van der Waals surface area contributed by atoms with Crippen LogP contribution in [0.3, 0.4) is 0 Å². The monoisotopic (exact) mass is 233 g/mol. The Labute approximate surface area is 99.7 Å². The van der Waals surface area contributed by atoms with Gasteiger partial charge in [-0.25, -0.2) is 0 Å². The Morgan fingerprint density at radius 1 is 1.25 bits per heavy atom. The van der Waals surface area contributed by atoms with E-state index >= 15 is 0 Å². The van der Waals surface area contributed by atoms with E-state index in [0.717, 1.165) is 16.8 Å². The first kappa shape index (κ1) is 11.1. The summed E-state index contributed by atoms with van der Waals surface area (Å²) in [5, 5.41) is 4.22. The van der Waals surface area contributed by atoms with Crippen LogP contribution < -0.4 is 5.73 Å². The van der Waals surface area contributed by atoms with Crippen LogP contribution in [0.15, 0.2) is 29.2 Å². The lowest BCUT2D eigenvalue weighted by Crippen LogP contribution is -1.94. The molecule has 0 aliphatic carbocycles. The summed E-state index contributed by atoms with van der Waals surface area (Å²) >= 11 is 1.74. The highest BCUT2D eigenvalue weighted by Crippen LogP contribution is 2.27. The Morgan fingerprint density at radius 3 is 2.31 bits per heavy atom. The van der Waals surface area contributed by atoms with Gasteiger partial charge in [0.25, 0.3) is 0 Å². The van der Waals surface area contributed by atoms with Gasteiger partial charge in [-0.1, -0.05) is 12.1 Å². The van der Waals surface area contributed by atoms with Crippen LogP contribution in [0.25, 0.3) is 11.3 Å². The number of hydrogen-bond acceptors (Lipinski definition) is 3. The second-order valence-electron chi connectivity index (χ2n) is 3.71. The predicted octanol–water partition coefficient (Wildman–Crippen LogP) is 2.70. The smallest absolute Gasteiger partial charge is 0.148 e. The maximum atomic E-state index is 5.80. The van der Waals surface area contributed by atoms with Crippen molar-refractivity contribution in [2.24, 2.45) is 7.05 Å². The number of aromatic nitrogens is 2. The molecular weight excluding hydrogens is 218 g/mol. The number of nitrogen functional groups attached to an aromatic ring is 1. The van der Waals surface area contributed by atoms with Crippen molar-refractivity contribution >= 4 is 17.6 Å². The summed E-state index contributed by atoms with van der Waals surface area (Å²) in [6.45, 7) is 2.00. The van der Waals surface area contributed by atoms with Crippen LogP contribution in [0.4, 0.5) is 5.82 Å². The number of thioether (sulfide) groups is 1. The molecule has 0 unspecified atom stereocenters. The maximum absolute atomic E-state index is 5.80. The summed E-state index contributed by atoms with van der Waals surface area (Å²) in [5.74, 6) is 0.603. The van der Waals surface area contributed by atoms with Crippen molar-refractivity contribution in [2.75, 3.05) is 12.0 Å². The molecule has 2 rings (SSSR count). The average Bonchev–Trinajstić information content (AvgIpc) is 2.54. The van der Waals surface area contributed by atoms with E-state index in [4.69, 9.17) is 5.73 Å². The largest absolute Gasteiger partial charge is 0.382 e. The van der Waals surface area contributed by atoms with Gasteiger partial charge in [-0.15, -0.1) is 11.8 Å². The van der Waals surface area contributed by atoms with Crippen molar-refractivity contribution in [3.05, 3.63) is 29.8 Å². The van der Waals surface area contributed by atoms with Gasteiger partial charge < -0.3 is 5.73 Å². The minimum Gasteiger partial charge on any atom is -0.382 e. The van der Waals surface area contributed by atoms with Crippen molar-refractivity contribution in [1.82, 2.24) is 9.78 Å². The minimum absolute atomic E-state index is 0.603. The third-order valence-corrected chi connectivity index (χ3v) is 3.43. The van der Waals surface area contributed by atoms with Crippen LogP contribution in [0.2, 0.25) is 0 Å². The molecule has 84 valence electrons. The van der Waals surface area contributed by atoms with Gasteiger partial charge in [0.2, 0.25) is 0 Å². The number of nitrogens with two attached hydrogens (primary N) is 1. The molecule has 0 aliphatic heterocycles. The third kappa shape index (κ3) is 1.80. The molecule has 0 saturated carbocycles. The first-order chi connectivity index (χ1) is 7.63. The molecule has 2 aromatic rings. The van der Waals surface area contributed by atoms with Crippen molar-refractivity contribution in [1.29, 1.82) is 0 Å². The topological polar surface area (TPSA) is 43.8 Å². The highest BCUT2D eigenvalue weighted by Gasteiger charge is 2.11. The number of aryl methyl sites for hydroxylation is 1. The van der Waals surface area contributed by atoms with Gasteiger partial charge in [-0.2, -0.15) is 5.10 Å². The van der Waals surface area contributed by atoms with Gasteiger partial charge >= 0.3 is 0 Å². The van der Waals surface area contributed by atoms with E-state index in [2.05, 4.69) is 35.6 Å². The Hall–Kier alpha value is -1.42. The van der Waals surface area contributed by atoms with Gasteiger partial charge in [0.1, 0.15) is 5.82 Å². The second kappa shape index (κ2) is 4.22. The number of anilines is 1. The van der Waals surface area contributed by atoms with E-state index in [0.29, 0.717) is 5.82 Å². The summed E-state index contributed by atoms with van der Waals surface area (Å²) in [4.78, 5) is 1.26. The van der Waals surface area contributed by atoms with Crippen molar-refractivity contribution < 1.29 is 0 Å². The fourth-order valence-electron chi connectivity index (χ4n) is 1.80. The Kier molecular flexibility index (Phi) is 2.92. The maximum Gasteiger partial charge on any atom is 0.148 e. The molecule has 1 aromatic heterocycles. The molecule has 0 radical (unpaired) electrons. The first-order valence-corrected chi connectivity index (χ1v) is 6.29. The number of nitrogens with zero attached hydrogens (tertiary/aromatic N) is 2. The second-order valence-corrected chi connectivity index (χ2v) is 4.59. The third-order valence-electron chi connectivity index (χ3n) is 2.68. The lowest BCUT2D eigenvalue weighted by Gasteiger charge is -2.04. The van der Waals surface area contributed by atoms with Crippen molar-refractivity contribution in [3.8, 4) is 11.3 Å². The molecule has 2 N–H and O–H groups in total. The van der Waals surface area contributed by atoms with Gasteiger partial charge in [-0.05, 0) is 25.3 Å². The zero-order valence-corrected chi connectivity index (χ0v) is 10.5.